The van der Waals surface area contributed by atoms with E-state index in [0.29, 0.717) is 32.1 Å². The molecule has 0 aromatic heterocycles. The number of aryl methyl sites for hydroxylation is 1. The Hall–Kier alpha value is -2.63. The number of carbonyl (C=O) groups excluding carboxylic acids is 1. The molecule has 1 fully saturated rings. The van der Waals surface area contributed by atoms with E-state index < -0.39 is 33.4 Å². The Kier molecular flexibility index (Phi) is 10.0. The number of sulfonamides is 1. The lowest BCUT2D eigenvalue weighted by Gasteiger charge is -2.45. The van der Waals surface area contributed by atoms with Gasteiger partial charge in [0, 0.05) is 36.2 Å². The van der Waals surface area contributed by atoms with Crippen LogP contribution in [0.2, 0.25) is 5.02 Å². The molecular formula is C35H45ClN2O7S. The van der Waals surface area contributed by atoms with Gasteiger partial charge in [0.1, 0.15) is 11.0 Å². The number of nitrogens with zero attached hydrogens (tertiary/aromatic N) is 1. The van der Waals surface area contributed by atoms with Crippen molar-refractivity contribution >= 4 is 33.2 Å². The monoisotopic (exact) mass is 672 g/mol. The Morgan fingerprint density at radius 1 is 1.17 bits per heavy atom. The quantitative estimate of drug-likeness (QED) is 0.336. The fourth-order valence-electron chi connectivity index (χ4n) is 7.86. The smallest absolute Gasteiger partial charge is 0.264 e. The minimum atomic E-state index is -4.13. The molecule has 2 aliphatic heterocycles. The number of carbonyl (C=O) groups is 1. The SMILES string of the molecule is CC[C@H]1[C@H](OCCOC)C/C=C/[C@H](O)[C@@H]2CC[C@H]2CN2C[C@@]3(CCCc4cc(Cl)ccc43)COc3ccc(cc32)C(=O)NS1(=O)=O. The first kappa shape index (κ1) is 33.3. The predicted molar refractivity (Wildman–Crippen MR) is 178 cm³/mol. The molecule has 0 unspecified atom stereocenters. The molecule has 6 rings (SSSR count). The highest BCUT2D eigenvalue weighted by Crippen LogP contribution is 2.46. The summed E-state index contributed by atoms with van der Waals surface area (Å²) in [4.78, 5) is 15.9. The molecule has 46 heavy (non-hydrogen) atoms. The molecule has 6 atom stereocenters. The summed E-state index contributed by atoms with van der Waals surface area (Å²) in [5, 5.41) is 11.0. The van der Waals surface area contributed by atoms with E-state index in [1.165, 1.54) is 11.1 Å². The van der Waals surface area contributed by atoms with Gasteiger partial charge in [0.25, 0.3) is 5.91 Å². The Morgan fingerprint density at radius 3 is 2.78 bits per heavy atom. The van der Waals surface area contributed by atoms with Gasteiger partial charge in [-0.05, 0) is 98.2 Å². The van der Waals surface area contributed by atoms with Crippen LogP contribution in [0.1, 0.15) is 66.9 Å². The molecule has 2 aromatic rings. The molecule has 2 aromatic carbocycles. The summed E-state index contributed by atoms with van der Waals surface area (Å²) >= 11 is 6.40. The minimum absolute atomic E-state index is 0.0650. The maximum Gasteiger partial charge on any atom is 0.264 e. The molecule has 1 amide bonds. The van der Waals surface area contributed by atoms with E-state index in [1.54, 1.807) is 38.3 Å². The highest BCUT2D eigenvalue weighted by Gasteiger charge is 2.44. The number of anilines is 1. The molecule has 0 saturated heterocycles. The van der Waals surface area contributed by atoms with Crippen LogP contribution in [0.5, 0.6) is 5.75 Å². The summed E-state index contributed by atoms with van der Waals surface area (Å²) < 4.78 is 47.3. The van der Waals surface area contributed by atoms with Crippen LogP contribution >= 0.6 is 11.6 Å². The molecule has 250 valence electrons. The van der Waals surface area contributed by atoms with Crippen LogP contribution in [0, 0.1) is 11.8 Å². The van der Waals surface area contributed by atoms with Gasteiger partial charge in [-0.25, -0.2) is 13.1 Å². The van der Waals surface area contributed by atoms with Gasteiger partial charge in [0.15, 0.2) is 0 Å². The van der Waals surface area contributed by atoms with Crippen LogP contribution in [-0.2, 0) is 31.3 Å². The number of aliphatic hydroxyl groups excluding tert-OH is 1. The van der Waals surface area contributed by atoms with Crippen molar-refractivity contribution in [1.29, 1.82) is 0 Å². The van der Waals surface area contributed by atoms with Gasteiger partial charge in [-0.15, -0.1) is 0 Å². The van der Waals surface area contributed by atoms with Gasteiger partial charge in [-0.3, -0.25) is 4.79 Å². The molecule has 9 nitrogen and oxygen atoms in total. The lowest BCUT2D eigenvalue weighted by atomic mass is 9.68. The van der Waals surface area contributed by atoms with E-state index in [-0.39, 0.29) is 42.3 Å². The number of fused-ring (bicyclic) bond motifs is 4. The van der Waals surface area contributed by atoms with E-state index in [1.807, 2.05) is 12.1 Å². The summed E-state index contributed by atoms with van der Waals surface area (Å²) in [6.07, 6.45) is 7.55. The van der Waals surface area contributed by atoms with Crippen LogP contribution in [0.3, 0.4) is 0 Å². The molecule has 0 radical (unpaired) electrons. The summed E-state index contributed by atoms with van der Waals surface area (Å²) in [7, 11) is -2.57. The van der Waals surface area contributed by atoms with Crippen LogP contribution in [0.15, 0.2) is 48.6 Å². The van der Waals surface area contributed by atoms with Gasteiger partial charge >= 0.3 is 0 Å². The number of benzene rings is 2. The van der Waals surface area contributed by atoms with Crippen molar-refractivity contribution in [2.45, 2.75) is 74.7 Å². The van der Waals surface area contributed by atoms with Crippen LogP contribution < -0.4 is 14.4 Å². The standard InChI is InChI=1S/C35H45ClN2O7S/c1-3-33-32(44-17-16-43-2)8-4-7-30(39)27-12-9-25(27)20-38-21-35(15-5-6-23-18-26(36)11-13-28(23)35)22-45-31-14-10-24(19-29(31)38)34(40)37-46(33,41)42/h4,7,10-11,13-14,18-19,25,27,30,32-33,39H,3,5-6,8-9,12,15-17,20-22H2,1-2H3,(H,37,40)/b7-4+/t25-,27+,30-,32+,33-,35-/m0/s1. The Morgan fingerprint density at radius 2 is 2.02 bits per heavy atom. The highest BCUT2D eigenvalue weighted by molar-refractivity contribution is 7.90. The Bertz CT molecular complexity index is 1570. The topological polar surface area (TPSA) is 114 Å². The molecule has 2 heterocycles. The molecule has 2 bridgehead atoms. The predicted octanol–water partition coefficient (Wildman–Crippen LogP) is 5.03. The summed E-state index contributed by atoms with van der Waals surface area (Å²) in [6, 6.07) is 11.3. The average Bonchev–Trinajstić information content (AvgIpc) is 3.15. The number of ether oxygens (including phenoxy) is 3. The van der Waals surface area contributed by atoms with Crippen LogP contribution in [0.25, 0.3) is 0 Å². The number of methoxy groups -OCH3 is 1. The van der Waals surface area contributed by atoms with Crippen molar-refractivity contribution < 1.29 is 32.5 Å². The Labute approximate surface area is 277 Å². The Balaban J connectivity index is 1.39. The van der Waals surface area contributed by atoms with Gasteiger partial charge in [0.2, 0.25) is 10.0 Å². The van der Waals surface area contributed by atoms with Gasteiger partial charge < -0.3 is 24.2 Å². The van der Waals surface area contributed by atoms with Crippen molar-refractivity contribution in [3.8, 4) is 5.75 Å². The number of nitrogens with one attached hydrogen (secondary N) is 1. The van der Waals surface area contributed by atoms with Crippen molar-refractivity contribution in [2.24, 2.45) is 11.8 Å². The normalized spacial score (nSPS) is 31.4. The maximum absolute atomic E-state index is 13.7. The lowest BCUT2D eigenvalue weighted by Crippen LogP contribution is -2.49. The summed E-state index contributed by atoms with van der Waals surface area (Å²) in [5.74, 6) is 0.273. The maximum atomic E-state index is 13.7. The average molecular weight is 673 g/mol. The van der Waals surface area contributed by atoms with Crippen molar-refractivity contribution in [1.82, 2.24) is 4.72 Å². The van der Waals surface area contributed by atoms with Crippen LogP contribution in [0.4, 0.5) is 5.69 Å². The third-order valence-corrected chi connectivity index (χ3v) is 12.6. The molecule has 2 aliphatic carbocycles. The molecule has 1 spiro atoms. The molecular weight excluding hydrogens is 628 g/mol. The minimum Gasteiger partial charge on any atom is -0.490 e. The first-order valence-electron chi connectivity index (χ1n) is 16.5. The molecule has 2 N–H and O–H groups in total. The third kappa shape index (κ3) is 6.69. The number of halogens is 1. The molecule has 1 saturated carbocycles. The highest BCUT2D eigenvalue weighted by atomic mass is 35.5. The van der Waals surface area contributed by atoms with Crippen molar-refractivity contribution in [2.75, 3.05) is 44.9 Å². The zero-order chi connectivity index (χ0) is 32.5. The second kappa shape index (κ2) is 13.8. The van der Waals surface area contributed by atoms with E-state index in [2.05, 4.69) is 21.8 Å². The van der Waals surface area contributed by atoms with Gasteiger partial charge in [-0.2, -0.15) is 0 Å². The van der Waals surface area contributed by atoms with Gasteiger partial charge in [-0.1, -0.05) is 36.7 Å². The summed E-state index contributed by atoms with van der Waals surface area (Å²) in [6.45, 7) is 4.12. The second-order valence-electron chi connectivity index (χ2n) is 13.3. The van der Waals surface area contributed by atoms with Crippen LogP contribution in [-0.4, -0.2) is 76.9 Å². The second-order valence-corrected chi connectivity index (χ2v) is 15.6. The zero-order valence-corrected chi connectivity index (χ0v) is 28.2. The number of rotatable bonds is 5. The first-order chi connectivity index (χ1) is 22.1. The van der Waals surface area contributed by atoms with Crippen molar-refractivity contribution in [3.05, 3.63) is 70.3 Å². The summed E-state index contributed by atoms with van der Waals surface area (Å²) in [5.41, 5.74) is 3.21. The largest absolute Gasteiger partial charge is 0.490 e. The van der Waals surface area contributed by atoms with E-state index in [0.717, 1.165) is 42.8 Å². The molecule has 4 aliphatic rings. The van der Waals surface area contributed by atoms with E-state index in [9.17, 15) is 18.3 Å². The third-order valence-electron chi connectivity index (χ3n) is 10.4. The van der Waals surface area contributed by atoms with E-state index in [4.69, 9.17) is 25.8 Å². The number of hydrogen-bond donors (Lipinski definition) is 2. The number of amides is 1. The fourth-order valence-corrected chi connectivity index (χ4v) is 9.61. The first-order valence-corrected chi connectivity index (χ1v) is 18.4. The van der Waals surface area contributed by atoms with Gasteiger partial charge in [0.05, 0.1) is 37.7 Å². The molecule has 11 heteroatoms. The number of hydrogen-bond acceptors (Lipinski definition) is 8. The fraction of sp³-hybridized carbons (Fsp3) is 0.571. The zero-order valence-electron chi connectivity index (χ0n) is 26.6. The van der Waals surface area contributed by atoms with Crippen molar-refractivity contribution in [3.63, 3.8) is 0 Å². The van der Waals surface area contributed by atoms with E-state index >= 15 is 0 Å². The lowest BCUT2D eigenvalue weighted by molar-refractivity contribution is 0.0156. The number of aliphatic hydroxyl groups is 1.